The fourth-order valence-corrected chi connectivity index (χ4v) is 5.03. The molecule has 2 aliphatic heterocycles. The summed E-state index contributed by atoms with van der Waals surface area (Å²) >= 11 is 11.7. The van der Waals surface area contributed by atoms with Crippen molar-refractivity contribution < 1.29 is 10.1 Å². The summed E-state index contributed by atoms with van der Waals surface area (Å²) in [6.45, 7) is 4.80. The number of pyridine rings is 2. The molecule has 16 heteroatoms. The van der Waals surface area contributed by atoms with E-state index in [2.05, 4.69) is 20.2 Å². The first kappa shape index (κ1) is 29.2. The number of rotatable bonds is 13. The van der Waals surface area contributed by atoms with E-state index >= 15 is 0 Å². The highest BCUT2D eigenvalue weighted by Crippen LogP contribution is 2.18. The molecule has 2 aromatic heterocycles. The van der Waals surface area contributed by atoms with Crippen LogP contribution in [0.4, 0.5) is 0 Å². The Kier molecular flexibility index (Phi) is 10.2. The molecule has 0 aromatic carbocycles. The van der Waals surface area contributed by atoms with E-state index in [0.29, 0.717) is 74.6 Å². The van der Waals surface area contributed by atoms with Gasteiger partial charge in [-0.25, -0.2) is 30.2 Å². The average Bonchev–Trinajstić information content (AvgIpc) is 3.46. The Morgan fingerprint density at radius 1 is 0.675 bits per heavy atom. The highest BCUT2D eigenvalue weighted by Gasteiger charge is 2.30. The average molecular weight is 593 g/mol. The van der Waals surface area contributed by atoms with E-state index in [1.54, 1.807) is 24.5 Å². The Morgan fingerprint density at radius 2 is 1.07 bits per heavy atom. The molecule has 0 saturated carbocycles. The van der Waals surface area contributed by atoms with Crippen LogP contribution >= 0.6 is 23.2 Å². The van der Waals surface area contributed by atoms with Gasteiger partial charge in [-0.3, -0.25) is 0 Å². The third kappa shape index (κ3) is 8.36. The predicted molar refractivity (Wildman–Crippen MR) is 150 cm³/mol. The second-order valence-electron chi connectivity index (χ2n) is 9.49. The summed E-state index contributed by atoms with van der Waals surface area (Å²) in [5.74, 6) is 0.710. The van der Waals surface area contributed by atoms with Gasteiger partial charge in [0.25, 0.3) is 11.9 Å². The number of halogens is 2. The Labute approximate surface area is 241 Å². The minimum Gasteiger partial charge on any atom is -0.336 e. The van der Waals surface area contributed by atoms with Crippen molar-refractivity contribution in [1.82, 2.24) is 29.6 Å². The summed E-state index contributed by atoms with van der Waals surface area (Å²) in [5.41, 5.74) is 1.79. The largest absolute Gasteiger partial charge is 0.336 e. The van der Waals surface area contributed by atoms with Crippen molar-refractivity contribution in [3.8, 4) is 0 Å². The number of hydrazone groups is 2. The summed E-state index contributed by atoms with van der Waals surface area (Å²) < 4.78 is 0. The zero-order chi connectivity index (χ0) is 28.5. The van der Waals surface area contributed by atoms with Crippen molar-refractivity contribution in [2.45, 2.75) is 38.8 Å². The van der Waals surface area contributed by atoms with Crippen molar-refractivity contribution in [2.24, 2.45) is 10.2 Å². The number of aromatic nitrogens is 2. The Bertz CT molecular complexity index is 1130. The molecular formula is C24H30Cl2N10O4. The summed E-state index contributed by atoms with van der Waals surface area (Å²) in [6, 6.07) is 7.08. The van der Waals surface area contributed by atoms with Crippen molar-refractivity contribution in [2.75, 3.05) is 39.3 Å². The third-order valence-electron chi connectivity index (χ3n) is 6.68. The van der Waals surface area contributed by atoms with E-state index in [1.165, 1.54) is 0 Å². The lowest BCUT2D eigenvalue weighted by molar-refractivity contribution is -0.486. The lowest BCUT2D eigenvalue weighted by atomic mass is 10.2. The van der Waals surface area contributed by atoms with Gasteiger partial charge in [0.1, 0.15) is 20.5 Å². The highest BCUT2D eigenvalue weighted by atomic mass is 35.5. The predicted octanol–water partition coefficient (Wildman–Crippen LogP) is 3.37. The van der Waals surface area contributed by atoms with E-state index in [9.17, 15) is 20.2 Å². The molecule has 0 amide bonds. The molecule has 0 N–H and O–H groups in total. The molecule has 0 aliphatic carbocycles. The van der Waals surface area contributed by atoms with Crippen LogP contribution in [0.3, 0.4) is 0 Å². The van der Waals surface area contributed by atoms with Gasteiger partial charge in [0, 0.05) is 64.8 Å². The molecular weight excluding hydrogens is 563 g/mol. The van der Waals surface area contributed by atoms with Gasteiger partial charge < -0.3 is 19.6 Å². The molecule has 214 valence electrons. The van der Waals surface area contributed by atoms with Crippen LogP contribution in [0.25, 0.3) is 0 Å². The second kappa shape index (κ2) is 14.0. The number of nitro groups is 2. The van der Waals surface area contributed by atoms with E-state index in [-0.39, 0.29) is 0 Å². The summed E-state index contributed by atoms with van der Waals surface area (Å²) in [7, 11) is 0. The zero-order valence-corrected chi connectivity index (χ0v) is 23.3. The minimum atomic E-state index is -0.659. The molecule has 2 saturated heterocycles. The third-order valence-corrected chi connectivity index (χ3v) is 7.13. The Morgan fingerprint density at radius 3 is 1.43 bits per heavy atom. The van der Waals surface area contributed by atoms with Crippen LogP contribution in [-0.4, -0.2) is 90.8 Å². The number of unbranched alkanes of at least 4 members (excludes halogenated alkanes) is 3. The molecule has 0 spiro atoms. The van der Waals surface area contributed by atoms with E-state index in [0.717, 1.165) is 36.8 Å². The first-order valence-electron chi connectivity index (χ1n) is 12.9. The van der Waals surface area contributed by atoms with Gasteiger partial charge in [-0.2, -0.15) is 0 Å². The Balaban J connectivity index is 1.22. The van der Waals surface area contributed by atoms with Crippen molar-refractivity contribution in [3.05, 3.63) is 78.3 Å². The van der Waals surface area contributed by atoms with E-state index in [4.69, 9.17) is 23.2 Å². The zero-order valence-electron chi connectivity index (χ0n) is 21.8. The van der Waals surface area contributed by atoms with Crippen molar-refractivity contribution in [3.63, 3.8) is 0 Å². The van der Waals surface area contributed by atoms with Crippen LogP contribution in [0.15, 0.2) is 46.9 Å². The van der Waals surface area contributed by atoms with Gasteiger partial charge in [-0.05, 0) is 36.1 Å². The first-order valence-corrected chi connectivity index (χ1v) is 13.7. The van der Waals surface area contributed by atoms with Gasteiger partial charge in [-0.1, -0.05) is 48.2 Å². The van der Waals surface area contributed by atoms with Crippen LogP contribution in [0, 0.1) is 20.2 Å². The van der Waals surface area contributed by atoms with Gasteiger partial charge in [0.2, 0.25) is 0 Å². The summed E-state index contributed by atoms with van der Waals surface area (Å²) in [6.07, 6.45) is 6.84. The molecule has 0 unspecified atom stereocenters. The first-order chi connectivity index (χ1) is 19.3. The van der Waals surface area contributed by atoms with Crippen molar-refractivity contribution >= 4 is 35.1 Å². The van der Waals surface area contributed by atoms with Crippen LogP contribution in [0.5, 0.6) is 0 Å². The Hall–Kier alpha value is -3.78. The van der Waals surface area contributed by atoms with E-state index < -0.39 is 10.1 Å². The van der Waals surface area contributed by atoms with Crippen molar-refractivity contribution in [1.29, 1.82) is 0 Å². The van der Waals surface area contributed by atoms with Gasteiger partial charge in [0.05, 0.1) is 0 Å². The normalized spacial score (nSPS) is 17.4. The van der Waals surface area contributed by atoms with Crippen LogP contribution < -0.4 is 0 Å². The fourth-order valence-electron chi connectivity index (χ4n) is 4.80. The number of hydrogen-bond donors (Lipinski definition) is 0. The topological polar surface area (TPSA) is 150 Å². The molecule has 4 heterocycles. The molecule has 40 heavy (non-hydrogen) atoms. The highest BCUT2D eigenvalue weighted by molar-refractivity contribution is 6.29. The number of guanidine groups is 2. The molecule has 0 atom stereocenters. The molecule has 2 fully saturated rings. The maximum Gasteiger partial charge on any atom is 0.274 e. The number of nitrogens with zero attached hydrogens (tertiary/aromatic N) is 10. The standard InChI is InChI=1S/C24H30Cl2N10O4/c25-21-7-5-19(15-27-21)17-33-13-11-31(23(33)29-35(37)38)9-3-1-2-4-10-32-12-14-34(24(32)30-36(39)40)18-20-6-8-22(26)28-16-20/h5-8,15-16H,1-4,9-14,17-18H2. The summed E-state index contributed by atoms with van der Waals surface area (Å²) in [5, 5.41) is 29.1. The molecule has 0 radical (unpaired) electrons. The second-order valence-corrected chi connectivity index (χ2v) is 10.3. The smallest absolute Gasteiger partial charge is 0.274 e. The minimum absolute atomic E-state index is 0.355. The molecule has 2 aliphatic rings. The SMILES string of the molecule is O=[N+]([O-])N=C1N(CCCCCCN2CCN(Cc3ccc(Cl)nc3)C2=N[N+](=O)[O-])CCN1Cc1ccc(Cl)nc1. The van der Waals surface area contributed by atoms with Crippen LogP contribution in [0.2, 0.25) is 10.3 Å². The quantitative estimate of drug-likeness (QED) is 0.146. The van der Waals surface area contributed by atoms with Crippen LogP contribution in [-0.2, 0) is 13.1 Å². The maximum atomic E-state index is 11.2. The lowest BCUT2D eigenvalue weighted by Gasteiger charge is -2.21. The van der Waals surface area contributed by atoms with Gasteiger partial charge >= 0.3 is 0 Å². The lowest BCUT2D eigenvalue weighted by Crippen LogP contribution is -2.35. The monoisotopic (exact) mass is 592 g/mol. The molecule has 2 aromatic rings. The van der Waals surface area contributed by atoms with Crippen LogP contribution in [0.1, 0.15) is 36.8 Å². The van der Waals surface area contributed by atoms with E-state index in [1.807, 2.05) is 31.7 Å². The fraction of sp³-hybridized carbons (Fsp3) is 0.500. The molecule has 0 bridgehead atoms. The molecule has 14 nitrogen and oxygen atoms in total. The van der Waals surface area contributed by atoms with Gasteiger partial charge in [-0.15, -0.1) is 0 Å². The van der Waals surface area contributed by atoms with Gasteiger partial charge in [0.15, 0.2) is 10.1 Å². The number of hydrogen-bond acceptors (Lipinski definition) is 6. The molecule has 4 rings (SSSR count). The maximum absolute atomic E-state index is 11.2. The summed E-state index contributed by atoms with van der Waals surface area (Å²) in [4.78, 5) is 38.2.